The lowest BCUT2D eigenvalue weighted by Gasteiger charge is -2.44. The third kappa shape index (κ3) is 7.62. The second kappa shape index (κ2) is 12.9. The molecule has 0 aromatic heterocycles. The number of sulfone groups is 1. The summed E-state index contributed by atoms with van der Waals surface area (Å²) in [6.45, 7) is 3.79. The van der Waals surface area contributed by atoms with Gasteiger partial charge in [-0.25, -0.2) is 12.8 Å². The van der Waals surface area contributed by atoms with Gasteiger partial charge in [0.2, 0.25) is 5.91 Å². The summed E-state index contributed by atoms with van der Waals surface area (Å²) in [4.78, 5) is 29.7. The van der Waals surface area contributed by atoms with Gasteiger partial charge in [0.25, 0.3) is 0 Å². The minimum Gasteiger partial charge on any atom is -0.338 e. The summed E-state index contributed by atoms with van der Waals surface area (Å²) in [6, 6.07) is 4.61. The Labute approximate surface area is 256 Å². The first kappa shape index (κ1) is 34.7. The number of nitrogens with zero attached hydrogens (tertiary/aromatic N) is 3. The summed E-state index contributed by atoms with van der Waals surface area (Å²) < 4.78 is 122. The van der Waals surface area contributed by atoms with Crippen LogP contribution in [-0.4, -0.2) is 79.7 Å². The van der Waals surface area contributed by atoms with Gasteiger partial charge in [0.1, 0.15) is 11.9 Å². The first-order valence-corrected chi connectivity index (χ1v) is 16.0. The topological polar surface area (TPSA) is 78.0 Å². The monoisotopic (exact) mass is 665 g/mol. The molecule has 1 heterocycles. The molecule has 0 spiro atoms. The molecule has 15 heteroatoms. The van der Waals surface area contributed by atoms with E-state index in [1.807, 2.05) is 20.9 Å². The molecule has 2 fully saturated rings. The second-order valence-corrected chi connectivity index (χ2v) is 13.9. The summed E-state index contributed by atoms with van der Waals surface area (Å²) in [6.07, 6.45) is -9.54. The van der Waals surface area contributed by atoms with Gasteiger partial charge in [-0.15, -0.1) is 0 Å². The maximum atomic E-state index is 13.8. The maximum absolute atomic E-state index is 13.8. The molecule has 0 bridgehead atoms. The van der Waals surface area contributed by atoms with Crippen LogP contribution in [0.2, 0.25) is 0 Å². The van der Waals surface area contributed by atoms with E-state index in [1.165, 1.54) is 4.90 Å². The maximum Gasteiger partial charge on any atom is 0.471 e. The highest BCUT2D eigenvalue weighted by molar-refractivity contribution is 7.91. The lowest BCUT2D eigenvalue weighted by atomic mass is 9.81. The minimum atomic E-state index is -5.49. The number of hydrogen-bond acceptors (Lipinski definition) is 5. The Kier molecular flexibility index (Phi) is 9.93. The van der Waals surface area contributed by atoms with E-state index in [1.54, 1.807) is 0 Å². The van der Waals surface area contributed by atoms with Crippen molar-refractivity contribution in [2.75, 3.05) is 24.2 Å². The van der Waals surface area contributed by atoms with Crippen molar-refractivity contribution in [3.63, 3.8) is 0 Å². The van der Waals surface area contributed by atoms with Gasteiger partial charge in [-0.1, -0.05) is 6.07 Å². The van der Waals surface area contributed by atoms with Crippen LogP contribution in [0.5, 0.6) is 0 Å². The molecule has 45 heavy (non-hydrogen) atoms. The summed E-state index contributed by atoms with van der Waals surface area (Å²) in [5, 5.41) is 0. The summed E-state index contributed by atoms with van der Waals surface area (Å²) in [7, 11) is -2.11. The molecule has 248 valence electrons. The lowest BCUT2D eigenvalue weighted by Crippen LogP contribution is -2.55. The lowest BCUT2D eigenvalue weighted by molar-refractivity contribution is -0.171. The largest absolute Gasteiger partial charge is 0.471 e. The third-order valence-corrected chi connectivity index (χ3v) is 10.6. The van der Waals surface area contributed by atoms with Gasteiger partial charge in [0, 0.05) is 30.4 Å². The zero-order valence-corrected chi connectivity index (χ0v) is 25.6. The van der Waals surface area contributed by atoms with Crippen LogP contribution in [0.1, 0.15) is 45.1 Å². The van der Waals surface area contributed by atoms with Crippen LogP contribution in [0.25, 0.3) is 0 Å². The Morgan fingerprint density at radius 3 is 2.22 bits per heavy atom. The summed E-state index contributed by atoms with van der Waals surface area (Å²) in [5.74, 6) is -5.13. The van der Waals surface area contributed by atoms with Gasteiger partial charge in [-0.2, -0.15) is 26.3 Å². The zero-order valence-electron chi connectivity index (χ0n) is 24.8. The molecule has 1 saturated carbocycles. The van der Waals surface area contributed by atoms with Gasteiger partial charge < -0.3 is 9.80 Å². The van der Waals surface area contributed by atoms with Crippen molar-refractivity contribution >= 4 is 27.3 Å². The molecule has 0 N–H and O–H groups in total. The Bertz CT molecular complexity index is 1500. The van der Waals surface area contributed by atoms with Gasteiger partial charge in [-0.3, -0.25) is 14.5 Å². The number of rotatable bonds is 8. The molecule has 1 aliphatic heterocycles. The Morgan fingerprint density at radius 1 is 1.00 bits per heavy atom. The molecule has 1 aliphatic carbocycles. The quantitative estimate of drug-likeness (QED) is 0.268. The van der Waals surface area contributed by atoms with Gasteiger partial charge in [-0.05, 0) is 95.0 Å². The van der Waals surface area contributed by atoms with Crippen molar-refractivity contribution in [3.05, 3.63) is 59.9 Å². The van der Waals surface area contributed by atoms with E-state index in [9.17, 15) is 48.7 Å². The molecule has 0 radical (unpaired) electrons. The van der Waals surface area contributed by atoms with Crippen molar-refractivity contribution < 1.29 is 48.7 Å². The van der Waals surface area contributed by atoms with E-state index in [2.05, 4.69) is 4.90 Å². The molecule has 4 rings (SSSR count). The van der Waals surface area contributed by atoms with Crippen LogP contribution in [0.4, 0.5) is 36.4 Å². The molecule has 1 saturated heterocycles. The van der Waals surface area contributed by atoms with E-state index < -0.39 is 74.8 Å². The number of benzene rings is 2. The second-order valence-electron chi connectivity index (χ2n) is 11.8. The van der Waals surface area contributed by atoms with Crippen LogP contribution >= 0.6 is 0 Å². The Hall–Kier alpha value is -3.20. The fraction of sp³-hybridized carbons (Fsp3) is 0.533. The highest BCUT2D eigenvalue weighted by Crippen LogP contribution is 2.39. The first-order valence-electron chi connectivity index (χ1n) is 14.4. The van der Waals surface area contributed by atoms with E-state index in [0.29, 0.717) is 31.4 Å². The van der Waals surface area contributed by atoms with Crippen molar-refractivity contribution in [2.45, 2.75) is 80.9 Å². The van der Waals surface area contributed by atoms with E-state index in [0.717, 1.165) is 36.4 Å². The average Bonchev–Trinajstić information content (AvgIpc) is 3.32. The Morgan fingerprint density at radius 2 is 1.64 bits per heavy atom. The average molecular weight is 666 g/mol. The molecular weight excluding hydrogens is 631 g/mol. The molecule has 2 aromatic carbocycles. The number of carbonyl (C=O) groups is 2. The molecule has 2 amide bonds. The third-order valence-electron chi connectivity index (χ3n) is 8.75. The van der Waals surface area contributed by atoms with Crippen LogP contribution in [-0.2, 0) is 25.6 Å². The molecule has 2 aliphatic rings. The van der Waals surface area contributed by atoms with E-state index in [4.69, 9.17) is 0 Å². The van der Waals surface area contributed by atoms with Crippen LogP contribution in [0.3, 0.4) is 0 Å². The normalized spacial score (nSPS) is 23.2. The standard InChI is InChI=1S/C30H34F7N3O4S/c1-18(2)38(3)22-9-12-25(19(15-22)17-45(43,44)24-10-7-21(31)8-11-24)39-14-13-26(27(39)41)40(28(42)30(35,36)37)23-6-4-5-20(16-23)29(32,33)34/h4-8,10-11,16,18-19,22,25-26H,9,12-15,17H2,1-3H3/t19-,22-,25+,26+/m1/s1. The predicted octanol–water partition coefficient (Wildman–Crippen LogP) is 5.69. The SMILES string of the molecule is CC(C)N(C)[C@@H]1CC[C@H](N2CC[C@H](N(C(=O)C(F)(F)F)c3cccc(C(F)(F)F)c3)C2=O)[C@@H](CS(=O)(=O)c2ccc(F)cc2)C1. The highest BCUT2D eigenvalue weighted by atomic mass is 32.2. The predicted molar refractivity (Wildman–Crippen MR) is 151 cm³/mol. The van der Waals surface area contributed by atoms with Gasteiger partial charge in [0.15, 0.2) is 9.84 Å². The smallest absolute Gasteiger partial charge is 0.338 e. The van der Waals surface area contributed by atoms with Gasteiger partial charge in [0.05, 0.1) is 16.2 Å². The molecule has 4 atom stereocenters. The number of amides is 2. The number of anilines is 1. The zero-order chi connectivity index (χ0) is 33.5. The molecule has 2 aromatic rings. The Balaban J connectivity index is 1.68. The van der Waals surface area contributed by atoms with E-state index in [-0.39, 0.29) is 34.8 Å². The molecular formula is C30H34F7N3O4S. The number of halogens is 7. The fourth-order valence-electron chi connectivity index (χ4n) is 6.29. The minimum absolute atomic E-state index is 0.0695. The molecule has 7 nitrogen and oxygen atoms in total. The highest BCUT2D eigenvalue weighted by Gasteiger charge is 2.51. The summed E-state index contributed by atoms with van der Waals surface area (Å²) >= 11 is 0. The number of carbonyl (C=O) groups excluding carboxylic acids is 2. The van der Waals surface area contributed by atoms with Crippen molar-refractivity contribution in [3.8, 4) is 0 Å². The first-order chi connectivity index (χ1) is 20.8. The van der Waals surface area contributed by atoms with E-state index >= 15 is 0 Å². The van der Waals surface area contributed by atoms with Crippen molar-refractivity contribution in [1.29, 1.82) is 0 Å². The number of likely N-dealkylation sites (tertiary alicyclic amines) is 1. The number of alkyl halides is 6. The summed E-state index contributed by atoms with van der Waals surface area (Å²) in [5.41, 5.74) is -2.02. The molecule has 0 unspecified atom stereocenters. The number of hydrogen-bond donors (Lipinski definition) is 0. The van der Waals surface area contributed by atoms with Crippen molar-refractivity contribution in [1.82, 2.24) is 9.80 Å². The van der Waals surface area contributed by atoms with Crippen LogP contribution in [0, 0.1) is 11.7 Å². The van der Waals surface area contributed by atoms with Crippen molar-refractivity contribution in [2.24, 2.45) is 5.92 Å². The van der Waals surface area contributed by atoms with Crippen LogP contribution < -0.4 is 4.90 Å². The fourth-order valence-corrected chi connectivity index (χ4v) is 7.95. The van der Waals surface area contributed by atoms with Gasteiger partial charge >= 0.3 is 18.3 Å². The van der Waals surface area contributed by atoms with Crippen LogP contribution in [0.15, 0.2) is 53.4 Å².